The lowest BCUT2D eigenvalue weighted by Crippen LogP contribution is -2.45. The summed E-state index contributed by atoms with van der Waals surface area (Å²) >= 11 is 0. The Morgan fingerprint density at radius 3 is 2.13 bits per heavy atom. The molecule has 4 N–H and O–H groups in total. The van der Waals surface area contributed by atoms with E-state index in [1.165, 1.54) is 30.3 Å². The monoisotopic (exact) mass is 423 g/mol. The molecule has 0 bridgehead atoms. The first-order chi connectivity index (χ1) is 14.3. The zero-order valence-electron chi connectivity index (χ0n) is 16.0. The molecule has 1 unspecified atom stereocenters. The van der Waals surface area contributed by atoms with Gasteiger partial charge in [-0.25, -0.2) is 8.42 Å². The summed E-state index contributed by atoms with van der Waals surface area (Å²) in [7, 11) is -3.79. The third-order valence-electron chi connectivity index (χ3n) is 4.36. The number of carbonyl (C=O) groups is 2. The Labute approximate surface area is 175 Å². The third kappa shape index (κ3) is 5.45. The highest BCUT2D eigenvalue weighted by molar-refractivity contribution is 7.92. The number of carbonyl (C=O) groups excluding carboxylic acids is 2. The fraction of sp³-hybridized carbons (Fsp3) is 0.0909. The Morgan fingerprint density at radius 1 is 0.867 bits per heavy atom. The van der Waals surface area contributed by atoms with Gasteiger partial charge in [0.1, 0.15) is 6.04 Å². The maximum atomic E-state index is 12.6. The van der Waals surface area contributed by atoms with E-state index in [4.69, 9.17) is 5.73 Å². The molecule has 3 aromatic carbocycles. The van der Waals surface area contributed by atoms with Crippen LogP contribution in [0.15, 0.2) is 89.8 Å². The van der Waals surface area contributed by atoms with Gasteiger partial charge in [-0.1, -0.05) is 54.6 Å². The lowest BCUT2D eigenvalue weighted by molar-refractivity contribution is -0.119. The van der Waals surface area contributed by atoms with E-state index in [1.807, 2.05) is 30.3 Å². The summed E-state index contributed by atoms with van der Waals surface area (Å²) in [4.78, 5) is 24.5. The molecule has 0 aliphatic rings. The van der Waals surface area contributed by atoms with Gasteiger partial charge in [0.15, 0.2) is 0 Å². The Balaban J connectivity index is 1.74. The number of nitrogens with one attached hydrogen (secondary N) is 2. The number of benzene rings is 3. The van der Waals surface area contributed by atoms with Crippen LogP contribution in [-0.2, 0) is 21.2 Å². The van der Waals surface area contributed by atoms with E-state index in [9.17, 15) is 18.0 Å². The van der Waals surface area contributed by atoms with E-state index >= 15 is 0 Å². The van der Waals surface area contributed by atoms with Gasteiger partial charge < -0.3 is 11.1 Å². The van der Waals surface area contributed by atoms with Crippen LogP contribution < -0.4 is 15.8 Å². The molecule has 0 fully saturated rings. The van der Waals surface area contributed by atoms with Gasteiger partial charge in [0.25, 0.3) is 15.9 Å². The molecule has 0 aliphatic heterocycles. The van der Waals surface area contributed by atoms with Crippen molar-refractivity contribution in [2.75, 3.05) is 4.72 Å². The summed E-state index contributed by atoms with van der Waals surface area (Å²) in [6.45, 7) is 0. The lowest BCUT2D eigenvalue weighted by atomic mass is 10.0. The predicted octanol–water partition coefficient (Wildman–Crippen LogP) is 2.31. The zero-order valence-corrected chi connectivity index (χ0v) is 16.8. The van der Waals surface area contributed by atoms with E-state index in [0.717, 1.165) is 5.56 Å². The van der Waals surface area contributed by atoms with Crippen LogP contribution in [0.1, 0.15) is 15.9 Å². The van der Waals surface area contributed by atoms with E-state index in [2.05, 4.69) is 10.0 Å². The van der Waals surface area contributed by atoms with Crippen LogP contribution in [0.3, 0.4) is 0 Å². The summed E-state index contributed by atoms with van der Waals surface area (Å²) < 4.78 is 27.4. The number of rotatable bonds is 8. The van der Waals surface area contributed by atoms with E-state index in [0.29, 0.717) is 0 Å². The molecule has 7 nitrogen and oxygen atoms in total. The van der Waals surface area contributed by atoms with Crippen LogP contribution in [0.5, 0.6) is 0 Å². The largest absolute Gasteiger partial charge is 0.368 e. The molecule has 154 valence electrons. The highest BCUT2D eigenvalue weighted by Gasteiger charge is 2.20. The van der Waals surface area contributed by atoms with Crippen LogP contribution in [0.4, 0.5) is 5.69 Å². The molecule has 8 heteroatoms. The molecule has 0 aromatic heterocycles. The number of primary amides is 1. The van der Waals surface area contributed by atoms with Gasteiger partial charge in [0.05, 0.1) is 4.90 Å². The van der Waals surface area contributed by atoms with Crippen LogP contribution >= 0.6 is 0 Å². The average molecular weight is 423 g/mol. The quantitative estimate of drug-likeness (QED) is 0.515. The van der Waals surface area contributed by atoms with Gasteiger partial charge in [0, 0.05) is 17.7 Å². The molecule has 0 spiro atoms. The molecular formula is C22H21N3O4S. The first kappa shape index (κ1) is 21.1. The van der Waals surface area contributed by atoms with Crippen molar-refractivity contribution in [3.8, 4) is 0 Å². The van der Waals surface area contributed by atoms with Crippen molar-refractivity contribution >= 4 is 27.5 Å². The van der Waals surface area contributed by atoms with Crippen molar-refractivity contribution in [1.29, 1.82) is 0 Å². The molecule has 30 heavy (non-hydrogen) atoms. The third-order valence-corrected chi connectivity index (χ3v) is 5.76. The standard InChI is InChI=1S/C22H21N3O4S/c23-21(26)20(14-16-8-3-1-4-9-16)24-22(27)17-10-7-11-18(15-17)25-30(28,29)19-12-5-2-6-13-19/h1-13,15,20,25H,14H2,(H2,23,26)(H,24,27). The van der Waals surface area contributed by atoms with Crippen LogP contribution in [0.2, 0.25) is 0 Å². The summed E-state index contributed by atoms with van der Waals surface area (Å²) in [6.07, 6.45) is 0.252. The molecule has 1 atom stereocenters. The Hall–Kier alpha value is -3.65. The van der Waals surface area contributed by atoms with Gasteiger partial charge in [-0.3, -0.25) is 14.3 Å². The first-order valence-electron chi connectivity index (χ1n) is 9.17. The molecule has 3 rings (SSSR count). The second-order valence-corrected chi connectivity index (χ2v) is 8.30. The summed E-state index contributed by atoms with van der Waals surface area (Å²) in [5.41, 5.74) is 6.72. The lowest BCUT2D eigenvalue weighted by Gasteiger charge is -2.16. The minimum atomic E-state index is -3.79. The number of sulfonamides is 1. The number of nitrogens with two attached hydrogens (primary N) is 1. The number of amides is 2. The number of hydrogen-bond acceptors (Lipinski definition) is 4. The highest BCUT2D eigenvalue weighted by atomic mass is 32.2. The normalized spacial score (nSPS) is 12.0. The predicted molar refractivity (Wildman–Crippen MR) is 114 cm³/mol. The van der Waals surface area contributed by atoms with Crippen molar-refractivity contribution in [3.05, 3.63) is 96.1 Å². The van der Waals surface area contributed by atoms with Crippen LogP contribution in [0, 0.1) is 0 Å². The smallest absolute Gasteiger partial charge is 0.261 e. The van der Waals surface area contributed by atoms with Crippen molar-refractivity contribution < 1.29 is 18.0 Å². The summed E-state index contributed by atoms with van der Waals surface area (Å²) in [5.74, 6) is -1.19. The van der Waals surface area contributed by atoms with Crippen LogP contribution in [0.25, 0.3) is 0 Å². The SMILES string of the molecule is NC(=O)C(Cc1ccccc1)NC(=O)c1cccc(NS(=O)(=O)c2ccccc2)c1. The maximum absolute atomic E-state index is 12.6. The fourth-order valence-corrected chi connectivity index (χ4v) is 3.92. The van der Waals surface area contributed by atoms with E-state index in [-0.39, 0.29) is 22.6 Å². The Morgan fingerprint density at radius 2 is 1.50 bits per heavy atom. The maximum Gasteiger partial charge on any atom is 0.261 e. The van der Waals surface area contributed by atoms with Crippen molar-refractivity contribution in [2.24, 2.45) is 5.73 Å². The average Bonchev–Trinajstić information content (AvgIpc) is 2.74. The molecule has 0 heterocycles. The van der Waals surface area contributed by atoms with Gasteiger partial charge in [-0.2, -0.15) is 0 Å². The molecule has 0 saturated carbocycles. The fourth-order valence-electron chi connectivity index (χ4n) is 2.85. The molecule has 3 aromatic rings. The Bertz CT molecular complexity index is 1130. The van der Waals surface area contributed by atoms with Gasteiger partial charge in [0.2, 0.25) is 5.91 Å². The number of anilines is 1. The van der Waals surface area contributed by atoms with Crippen LogP contribution in [-0.4, -0.2) is 26.3 Å². The minimum Gasteiger partial charge on any atom is -0.368 e. The Kier molecular flexibility index (Phi) is 6.48. The molecular weight excluding hydrogens is 402 g/mol. The van der Waals surface area contributed by atoms with Crippen molar-refractivity contribution in [3.63, 3.8) is 0 Å². The number of hydrogen-bond donors (Lipinski definition) is 3. The topological polar surface area (TPSA) is 118 Å². The second kappa shape index (κ2) is 9.23. The molecule has 2 amide bonds. The first-order valence-corrected chi connectivity index (χ1v) is 10.7. The summed E-state index contributed by atoms with van der Waals surface area (Å²) in [6, 6.07) is 22.2. The van der Waals surface area contributed by atoms with Gasteiger partial charge >= 0.3 is 0 Å². The van der Waals surface area contributed by atoms with Gasteiger partial charge in [-0.15, -0.1) is 0 Å². The van der Waals surface area contributed by atoms with Crippen molar-refractivity contribution in [2.45, 2.75) is 17.4 Å². The molecule has 0 saturated heterocycles. The second-order valence-electron chi connectivity index (χ2n) is 6.62. The van der Waals surface area contributed by atoms with Crippen molar-refractivity contribution in [1.82, 2.24) is 5.32 Å². The van der Waals surface area contributed by atoms with E-state index in [1.54, 1.807) is 24.3 Å². The highest BCUT2D eigenvalue weighted by Crippen LogP contribution is 2.17. The molecule has 0 aliphatic carbocycles. The summed E-state index contributed by atoms with van der Waals surface area (Å²) in [5, 5.41) is 2.61. The zero-order chi connectivity index (χ0) is 21.6. The molecule has 0 radical (unpaired) electrons. The minimum absolute atomic E-state index is 0.108. The van der Waals surface area contributed by atoms with Gasteiger partial charge in [-0.05, 0) is 35.9 Å². The van der Waals surface area contributed by atoms with E-state index < -0.39 is 27.9 Å².